The quantitative estimate of drug-likeness (QED) is 0.416. The highest BCUT2D eigenvalue weighted by molar-refractivity contribution is 7.16. The maximum Gasteiger partial charge on any atom is 0.317 e. The van der Waals surface area contributed by atoms with Crippen molar-refractivity contribution in [2.24, 2.45) is 0 Å². The third-order valence-corrected chi connectivity index (χ3v) is 7.21. The lowest BCUT2D eigenvalue weighted by atomic mass is 10.2. The molecular formula is C19H17F2N7O2S2. The van der Waals surface area contributed by atoms with Crippen molar-refractivity contribution in [2.75, 3.05) is 13.1 Å². The molecule has 0 bridgehead atoms. The molecule has 4 heterocycles. The van der Waals surface area contributed by atoms with Gasteiger partial charge < -0.3 is 15.3 Å². The summed E-state index contributed by atoms with van der Waals surface area (Å²) < 4.78 is 29.1. The number of H-pyrrole nitrogens is 1. The van der Waals surface area contributed by atoms with Gasteiger partial charge >= 0.3 is 6.03 Å². The second kappa shape index (κ2) is 8.15. The van der Waals surface area contributed by atoms with Crippen LogP contribution < -0.4 is 5.32 Å². The predicted octanol–water partition coefficient (Wildman–Crippen LogP) is 3.07. The highest BCUT2D eigenvalue weighted by Crippen LogP contribution is 2.36. The van der Waals surface area contributed by atoms with E-state index in [1.807, 2.05) is 6.92 Å². The van der Waals surface area contributed by atoms with Crippen molar-refractivity contribution in [3.63, 3.8) is 0 Å². The second-order valence-electron chi connectivity index (χ2n) is 7.36. The number of nitrogens with zero attached hydrogens (tertiary/aromatic N) is 5. The van der Waals surface area contributed by atoms with Crippen molar-refractivity contribution in [3.05, 3.63) is 33.8 Å². The Bertz CT molecular complexity index is 1320. The topological polar surface area (TPSA) is 120 Å². The normalized spacial score (nSPS) is 16.2. The number of carbonyl (C=O) groups excluding carboxylic acids is 1. The van der Waals surface area contributed by atoms with E-state index in [9.17, 15) is 18.7 Å². The van der Waals surface area contributed by atoms with E-state index in [4.69, 9.17) is 0 Å². The van der Waals surface area contributed by atoms with Crippen LogP contribution in [0.15, 0.2) is 11.4 Å². The zero-order chi connectivity index (χ0) is 22.4. The Labute approximate surface area is 188 Å². The number of amides is 2. The molecule has 3 N–H and O–H groups in total. The summed E-state index contributed by atoms with van der Waals surface area (Å²) in [5.41, 5.74) is 1.08. The molecule has 1 unspecified atom stereocenters. The lowest BCUT2D eigenvalue weighted by Crippen LogP contribution is -2.38. The number of likely N-dealkylation sites (tertiary alicyclic amines) is 1. The van der Waals surface area contributed by atoms with Crippen molar-refractivity contribution in [1.29, 1.82) is 0 Å². The average molecular weight is 478 g/mol. The summed E-state index contributed by atoms with van der Waals surface area (Å²) in [5.74, 6) is -1.34. The molecule has 1 aliphatic rings. The largest absolute Gasteiger partial charge is 0.391 e. The van der Waals surface area contributed by atoms with Gasteiger partial charge in [0, 0.05) is 18.5 Å². The van der Waals surface area contributed by atoms with E-state index in [1.54, 1.807) is 10.3 Å². The van der Waals surface area contributed by atoms with Crippen molar-refractivity contribution >= 4 is 39.7 Å². The molecule has 1 aliphatic heterocycles. The molecule has 0 aliphatic carbocycles. The number of benzene rings is 1. The van der Waals surface area contributed by atoms with Crippen molar-refractivity contribution in [3.8, 4) is 21.1 Å². The molecule has 0 radical (unpaired) electrons. The van der Waals surface area contributed by atoms with Crippen LogP contribution in [0.2, 0.25) is 0 Å². The molecule has 1 saturated heterocycles. The Balaban J connectivity index is 1.35. The molecule has 4 aromatic rings. The van der Waals surface area contributed by atoms with Crippen LogP contribution in [0.25, 0.3) is 32.2 Å². The molecule has 5 rings (SSSR count). The summed E-state index contributed by atoms with van der Waals surface area (Å²) in [4.78, 5) is 23.5. The van der Waals surface area contributed by atoms with Gasteiger partial charge in [-0.2, -0.15) is 0 Å². The number of aromatic nitrogens is 5. The number of aliphatic hydroxyl groups is 1. The van der Waals surface area contributed by atoms with Crippen LogP contribution in [-0.4, -0.2) is 60.6 Å². The highest BCUT2D eigenvalue weighted by atomic mass is 32.1. The van der Waals surface area contributed by atoms with Crippen molar-refractivity contribution in [1.82, 2.24) is 35.6 Å². The molecule has 1 aromatic carbocycles. The number of urea groups is 1. The number of aromatic amines is 1. The fourth-order valence-electron chi connectivity index (χ4n) is 3.55. The number of hydrogen-bond acceptors (Lipinski definition) is 8. The summed E-state index contributed by atoms with van der Waals surface area (Å²) in [6.07, 6.45) is 0.102. The number of rotatable bonds is 4. The third kappa shape index (κ3) is 3.72. The number of carbonyl (C=O) groups is 1. The Kier molecular flexibility index (Phi) is 5.31. The molecule has 1 fully saturated rings. The molecule has 32 heavy (non-hydrogen) atoms. The Morgan fingerprint density at radius 2 is 2.25 bits per heavy atom. The molecule has 3 aromatic heterocycles. The lowest BCUT2D eigenvalue weighted by Gasteiger charge is -2.15. The van der Waals surface area contributed by atoms with Gasteiger partial charge in [-0.25, -0.2) is 23.5 Å². The zero-order valence-electron chi connectivity index (χ0n) is 16.7. The Morgan fingerprint density at radius 3 is 3.03 bits per heavy atom. The Morgan fingerprint density at radius 1 is 1.41 bits per heavy atom. The monoisotopic (exact) mass is 477 g/mol. The van der Waals surface area contributed by atoms with E-state index < -0.39 is 17.7 Å². The standard InChI is InChI=1S/C19H17F2N7O2S2/c1-8-17(32-13(23-8)5-22-19(30)28-3-2-9(29)6-28)12-7-31-18(24-12)10-4-11(20)15-16(14(10)21)26-27-25-15/h4,7,9,29H,2-3,5-6H2,1H3,(H,22,30)(H,25,26,27). The minimum atomic E-state index is -0.687. The summed E-state index contributed by atoms with van der Waals surface area (Å²) in [7, 11) is 0. The minimum absolute atomic E-state index is 0.0163. The van der Waals surface area contributed by atoms with E-state index in [0.717, 1.165) is 16.6 Å². The van der Waals surface area contributed by atoms with Crippen LogP contribution in [0, 0.1) is 18.6 Å². The van der Waals surface area contributed by atoms with Gasteiger partial charge in [0.2, 0.25) is 0 Å². The van der Waals surface area contributed by atoms with Crippen LogP contribution in [-0.2, 0) is 6.54 Å². The lowest BCUT2D eigenvalue weighted by molar-refractivity contribution is 0.171. The number of nitrogens with one attached hydrogen (secondary N) is 2. The number of hydrogen-bond donors (Lipinski definition) is 3. The second-order valence-corrected chi connectivity index (χ2v) is 9.30. The van der Waals surface area contributed by atoms with Crippen LogP contribution in [0.4, 0.5) is 13.6 Å². The summed E-state index contributed by atoms with van der Waals surface area (Å²) in [5, 5.41) is 24.6. The maximum absolute atomic E-state index is 14.8. The molecule has 9 nitrogen and oxygen atoms in total. The summed E-state index contributed by atoms with van der Waals surface area (Å²) >= 11 is 2.56. The van der Waals surface area contributed by atoms with E-state index in [2.05, 4.69) is 30.7 Å². The molecule has 0 spiro atoms. The van der Waals surface area contributed by atoms with Gasteiger partial charge in [0.25, 0.3) is 0 Å². The van der Waals surface area contributed by atoms with Crippen LogP contribution in [0.5, 0.6) is 0 Å². The number of fused-ring (bicyclic) bond motifs is 1. The number of aliphatic hydroxyl groups excluding tert-OH is 1. The maximum atomic E-state index is 14.8. The highest BCUT2D eigenvalue weighted by Gasteiger charge is 2.25. The van der Waals surface area contributed by atoms with E-state index in [-0.39, 0.29) is 29.2 Å². The first kappa shape index (κ1) is 20.8. The number of aryl methyl sites for hydroxylation is 1. The van der Waals surface area contributed by atoms with Crippen LogP contribution in [0.3, 0.4) is 0 Å². The van der Waals surface area contributed by atoms with Crippen LogP contribution >= 0.6 is 22.7 Å². The van der Waals surface area contributed by atoms with Gasteiger partial charge in [0.1, 0.15) is 15.5 Å². The summed E-state index contributed by atoms with van der Waals surface area (Å²) in [6, 6.07) is 0.836. The Hall–Kier alpha value is -3.03. The van der Waals surface area contributed by atoms with Gasteiger partial charge in [-0.3, -0.25) is 5.10 Å². The zero-order valence-corrected chi connectivity index (χ0v) is 18.4. The molecule has 2 amide bonds. The molecule has 1 atom stereocenters. The fourth-order valence-corrected chi connectivity index (χ4v) is 5.41. The number of halogens is 2. The first-order valence-corrected chi connectivity index (χ1v) is 11.4. The summed E-state index contributed by atoms with van der Waals surface area (Å²) in [6.45, 7) is 2.92. The van der Waals surface area contributed by atoms with Gasteiger partial charge in [-0.05, 0) is 19.4 Å². The first-order valence-electron chi connectivity index (χ1n) is 9.73. The van der Waals surface area contributed by atoms with Gasteiger partial charge in [0.15, 0.2) is 17.2 Å². The van der Waals surface area contributed by atoms with E-state index >= 15 is 0 Å². The van der Waals surface area contributed by atoms with Crippen LogP contribution in [0.1, 0.15) is 17.1 Å². The molecule has 166 valence electrons. The van der Waals surface area contributed by atoms with Gasteiger partial charge in [-0.1, -0.05) is 5.21 Å². The minimum Gasteiger partial charge on any atom is -0.391 e. The number of β-amino-alcohol motifs (C(OH)–C–C–N with tert-alkyl or cyclic N) is 1. The first-order chi connectivity index (χ1) is 15.4. The van der Waals surface area contributed by atoms with Crippen molar-refractivity contribution < 1.29 is 18.7 Å². The molecule has 13 heteroatoms. The van der Waals surface area contributed by atoms with Crippen molar-refractivity contribution in [2.45, 2.75) is 26.0 Å². The third-order valence-electron chi connectivity index (χ3n) is 5.15. The number of thiazole rings is 2. The predicted molar refractivity (Wildman–Crippen MR) is 115 cm³/mol. The van der Waals surface area contributed by atoms with Gasteiger partial charge in [-0.15, -0.1) is 27.8 Å². The van der Waals surface area contributed by atoms with E-state index in [1.165, 1.54) is 22.7 Å². The van der Waals surface area contributed by atoms with E-state index in [0.29, 0.717) is 35.2 Å². The smallest absolute Gasteiger partial charge is 0.317 e. The molecule has 0 saturated carbocycles. The molecular weight excluding hydrogens is 460 g/mol. The van der Waals surface area contributed by atoms with Gasteiger partial charge in [0.05, 0.1) is 34.5 Å². The fraction of sp³-hybridized carbons (Fsp3) is 0.316. The average Bonchev–Trinajstić information content (AvgIpc) is 3.55. The SMILES string of the molecule is Cc1nc(CNC(=O)N2CCC(O)C2)sc1-c1csc(-c2cc(F)c3[nH]nnc3c2F)n1.